The van der Waals surface area contributed by atoms with Crippen LogP contribution < -0.4 is 5.32 Å². The molecule has 2 N–H and O–H groups in total. The van der Waals surface area contributed by atoms with Gasteiger partial charge in [0.05, 0.1) is 13.2 Å². The van der Waals surface area contributed by atoms with E-state index in [1.54, 1.807) is 13.8 Å². The summed E-state index contributed by atoms with van der Waals surface area (Å²) in [6.07, 6.45) is -2.90. The molecule has 2 aliphatic rings. The smallest absolute Gasteiger partial charge is 0.217 e. The highest BCUT2D eigenvalue weighted by atomic mass is 16.8. The number of aliphatic hydroxyl groups is 1. The normalized spacial score (nSPS) is 31.2. The zero-order valence-corrected chi connectivity index (χ0v) is 16.8. The van der Waals surface area contributed by atoms with Gasteiger partial charge in [-0.1, -0.05) is 36.4 Å². The fourth-order valence-electron chi connectivity index (χ4n) is 3.88. The number of hydrogen-bond donors (Lipinski definition) is 2. The van der Waals surface area contributed by atoms with Crippen molar-refractivity contribution in [1.82, 2.24) is 5.32 Å². The van der Waals surface area contributed by atoms with Gasteiger partial charge in [-0.2, -0.15) is 0 Å². The van der Waals surface area contributed by atoms with Crippen LogP contribution in [0.2, 0.25) is 0 Å². The van der Waals surface area contributed by atoms with Crippen molar-refractivity contribution in [2.75, 3.05) is 6.61 Å². The van der Waals surface area contributed by atoms with Gasteiger partial charge < -0.3 is 29.4 Å². The van der Waals surface area contributed by atoms with Gasteiger partial charge in [0.25, 0.3) is 0 Å². The molecule has 0 spiro atoms. The number of rotatable bonds is 4. The highest BCUT2D eigenvalue weighted by Crippen LogP contribution is 2.33. The summed E-state index contributed by atoms with van der Waals surface area (Å²) in [6, 6.07) is 13.4. The lowest BCUT2D eigenvalue weighted by Gasteiger charge is -2.49. The van der Waals surface area contributed by atoms with E-state index in [1.165, 1.54) is 6.92 Å². The summed E-state index contributed by atoms with van der Waals surface area (Å²) in [5, 5.41) is 15.9. The maximum atomic E-state index is 11.7. The van der Waals surface area contributed by atoms with Crippen molar-refractivity contribution in [2.24, 2.45) is 0 Å². The van der Waals surface area contributed by atoms with E-state index in [-0.39, 0.29) is 19.1 Å². The average Bonchev–Trinajstić information content (AvgIpc) is 2.68. The molecule has 0 radical (unpaired) electrons. The number of aliphatic hydroxyl groups excluding tert-OH is 1. The minimum atomic E-state index is -0.984. The van der Waals surface area contributed by atoms with Crippen molar-refractivity contribution < 1.29 is 28.8 Å². The van der Waals surface area contributed by atoms with Gasteiger partial charge in [-0.05, 0) is 36.2 Å². The summed E-state index contributed by atoms with van der Waals surface area (Å²) in [5.41, 5.74) is 0.975. The van der Waals surface area contributed by atoms with Crippen LogP contribution in [0.4, 0.5) is 0 Å². The maximum Gasteiger partial charge on any atom is 0.217 e. The van der Waals surface area contributed by atoms with E-state index in [9.17, 15) is 9.90 Å². The second kappa shape index (κ2) is 8.01. The van der Waals surface area contributed by atoms with Crippen LogP contribution in [0.15, 0.2) is 42.5 Å². The highest BCUT2D eigenvalue weighted by molar-refractivity contribution is 5.82. The number of amides is 1. The average molecular weight is 401 g/mol. The van der Waals surface area contributed by atoms with Crippen molar-refractivity contribution in [1.29, 1.82) is 0 Å². The van der Waals surface area contributed by atoms with Gasteiger partial charge in [-0.25, -0.2) is 0 Å². The lowest BCUT2D eigenvalue weighted by atomic mass is 9.95. The first-order valence-electron chi connectivity index (χ1n) is 9.84. The molecule has 2 saturated heterocycles. The molecular formula is C22H27NO6. The van der Waals surface area contributed by atoms with Gasteiger partial charge >= 0.3 is 0 Å². The van der Waals surface area contributed by atoms with Crippen molar-refractivity contribution in [3.63, 3.8) is 0 Å². The summed E-state index contributed by atoms with van der Waals surface area (Å²) in [6.45, 7) is 5.52. The molecule has 2 heterocycles. The van der Waals surface area contributed by atoms with Crippen LogP contribution in [0.5, 0.6) is 0 Å². The minimum absolute atomic E-state index is 0.275. The Balaban J connectivity index is 1.50. The number of hydrogen-bond acceptors (Lipinski definition) is 6. The Morgan fingerprint density at radius 2 is 2.00 bits per heavy atom. The Morgan fingerprint density at radius 1 is 1.24 bits per heavy atom. The van der Waals surface area contributed by atoms with Crippen LogP contribution in [-0.2, 0) is 30.3 Å². The number of nitrogens with one attached hydrogen (secondary N) is 1. The van der Waals surface area contributed by atoms with E-state index in [0.717, 1.165) is 16.3 Å². The molecule has 1 amide bonds. The zero-order chi connectivity index (χ0) is 20.6. The van der Waals surface area contributed by atoms with Crippen LogP contribution in [-0.4, -0.2) is 54.1 Å². The van der Waals surface area contributed by atoms with E-state index in [4.69, 9.17) is 18.9 Å². The SMILES string of the molecule is CC(=O)N[C@@H]1[C@@H](OCc2ccc3ccccc3c2)O[C@@H]2COC(C)(C)O[C@H]2[C@H]1O. The minimum Gasteiger partial charge on any atom is -0.388 e. The third-order valence-corrected chi connectivity index (χ3v) is 5.29. The summed E-state index contributed by atoms with van der Waals surface area (Å²) < 4.78 is 23.5. The molecule has 2 aromatic rings. The Bertz CT molecular complexity index is 884. The molecular weight excluding hydrogens is 374 g/mol. The van der Waals surface area contributed by atoms with Crippen molar-refractivity contribution >= 4 is 16.7 Å². The second-order valence-electron chi connectivity index (χ2n) is 8.05. The van der Waals surface area contributed by atoms with Gasteiger partial charge in [0.1, 0.15) is 24.4 Å². The zero-order valence-electron chi connectivity index (χ0n) is 16.8. The molecule has 156 valence electrons. The molecule has 7 heteroatoms. The first-order valence-corrected chi connectivity index (χ1v) is 9.84. The van der Waals surface area contributed by atoms with Crippen molar-refractivity contribution in [2.45, 2.75) is 63.8 Å². The summed E-state index contributed by atoms with van der Waals surface area (Å²) in [4.78, 5) is 11.7. The van der Waals surface area contributed by atoms with Crippen LogP contribution in [0.25, 0.3) is 10.8 Å². The third-order valence-electron chi connectivity index (χ3n) is 5.29. The topological polar surface area (TPSA) is 86.3 Å². The predicted octanol–water partition coefficient (Wildman–Crippen LogP) is 2.10. The lowest BCUT2D eigenvalue weighted by molar-refractivity contribution is -0.369. The molecule has 0 aromatic heterocycles. The Morgan fingerprint density at radius 3 is 2.76 bits per heavy atom. The predicted molar refractivity (Wildman–Crippen MR) is 106 cm³/mol. The standard InChI is InChI=1S/C22H27NO6/c1-13(24)23-18-19(25)20-17(12-27-22(2,3)29-20)28-21(18)26-11-14-8-9-15-6-4-5-7-16(15)10-14/h4-10,17-21,25H,11-12H2,1-3H3,(H,23,24)/t17-,18+,19+,20-,21+/m1/s1. The first kappa shape index (κ1) is 20.3. The third kappa shape index (κ3) is 4.44. The number of ether oxygens (including phenoxy) is 4. The molecule has 0 saturated carbocycles. The quantitative estimate of drug-likeness (QED) is 0.816. The first-order chi connectivity index (χ1) is 13.8. The molecule has 2 aromatic carbocycles. The van der Waals surface area contributed by atoms with Gasteiger partial charge in [0, 0.05) is 6.92 Å². The van der Waals surface area contributed by atoms with Gasteiger partial charge in [-0.15, -0.1) is 0 Å². The maximum absolute atomic E-state index is 11.7. The number of fused-ring (bicyclic) bond motifs is 2. The van der Waals surface area contributed by atoms with Crippen LogP contribution in [0.1, 0.15) is 26.3 Å². The molecule has 5 atom stereocenters. The van der Waals surface area contributed by atoms with E-state index in [0.29, 0.717) is 0 Å². The van der Waals surface area contributed by atoms with E-state index in [2.05, 4.69) is 17.4 Å². The Labute approximate surface area is 169 Å². The number of benzene rings is 2. The van der Waals surface area contributed by atoms with Crippen molar-refractivity contribution in [3.8, 4) is 0 Å². The fourth-order valence-corrected chi connectivity index (χ4v) is 3.88. The summed E-state index contributed by atoms with van der Waals surface area (Å²) in [5.74, 6) is -1.10. The van der Waals surface area contributed by atoms with Crippen LogP contribution in [0, 0.1) is 0 Å². The molecule has 2 aliphatic heterocycles. The van der Waals surface area contributed by atoms with E-state index in [1.807, 2.05) is 30.3 Å². The van der Waals surface area contributed by atoms with Gasteiger partial charge in [0.2, 0.25) is 5.91 Å². The van der Waals surface area contributed by atoms with E-state index >= 15 is 0 Å². The molecule has 0 bridgehead atoms. The molecule has 0 unspecified atom stereocenters. The Hall–Kier alpha value is -2.03. The molecule has 2 fully saturated rings. The lowest BCUT2D eigenvalue weighted by Crippen LogP contribution is -2.68. The van der Waals surface area contributed by atoms with Crippen molar-refractivity contribution in [3.05, 3.63) is 48.0 Å². The van der Waals surface area contributed by atoms with Gasteiger partial charge in [-0.3, -0.25) is 4.79 Å². The van der Waals surface area contributed by atoms with Gasteiger partial charge in [0.15, 0.2) is 12.1 Å². The molecule has 0 aliphatic carbocycles. The second-order valence-corrected chi connectivity index (χ2v) is 8.05. The molecule has 7 nitrogen and oxygen atoms in total. The largest absolute Gasteiger partial charge is 0.388 e. The Kier molecular flexibility index (Phi) is 5.59. The molecule has 4 rings (SSSR count). The number of carbonyl (C=O) groups is 1. The molecule has 29 heavy (non-hydrogen) atoms. The highest BCUT2D eigenvalue weighted by Gasteiger charge is 2.51. The van der Waals surface area contributed by atoms with Crippen LogP contribution >= 0.6 is 0 Å². The number of carbonyl (C=O) groups excluding carboxylic acids is 1. The monoisotopic (exact) mass is 401 g/mol. The van der Waals surface area contributed by atoms with Crippen LogP contribution in [0.3, 0.4) is 0 Å². The summed E-state index contributed by atoms with van der Waals surface area (Å²) in [7, 11) is 0. The fraction of sp³-hybridized carbons (Fsp3) is 0.500. The summed E-state index contributed by atoms with van der Waals surface area (Å²) >= 11 is 0. The van der Waals surface area contributed by atoms with E-state index < -0.39 is 36.4 Å².